The van der Waals surface area contributed by atoms with E-state index in [0.29, 0.717) is 18.7 Å². The first-order valence-electron chi connectivity index (χ1n) is 10.2. The summed E-state index contributed by atoms with van der Waals surface area (Å²) in [6.07, 6.45) is 3.09. The fourth-order valence-electron chi connectivity index (χ4n) is 4.18. The molecule has 0 aromatic heterocycles. The highest BCUT2D eigenvalue weighted by atomic mass is 16.5. The third-order valence-electron chi connectivity index (χ3n) is 6.00. The highest BCUT2D eigenvalue weighted by molar-refractivity contribution is 5.87. The summed E-state index contributed by atoms with van der Waals surface area (Å²) in [6.45, 7) is 3.76. The summed E-state index contributed by atoms with van der Waals surface area (Å²) in [5.74, 6) is 0.992. The molecule has 1 aliphatic rings. The minimum absolute atomic E-state index is 0.299. The van der Waals surface area contributed by atoms with Crippen LogP contribution in [0.15, 0.2) is 60.7 Å². The molecule has 0 saturated carbocycles. The molecule has 1 heterocycles. The second-order valence-corrected chi connectivity index (χ2v) is 8.16. The monoisotopic (exact) mass is 374 g/mol. The number of likely N-dealkylation sites (N-methyl/N-ethyl adjacent to an activating group) is 1. The number of hydrogen-bond acceptors (Lipinski definition) is 3. The first-order chi connectivity index (χ1) is 13.6. The zero-order valence-corrected chi connectivity index (χ0v) is 16.9. The molecule has 0 amide bonds. The van der Waals surface area contributed by atoms with E-state index in [1.165, 1.54) is 27.5 Å². The van der Waals surface area contributed by atoms with Gasteiger partial charge in [-0.25, -0.2) is 0 Å². The van der Waals surface area contributed by atoms with Crippen LogP contribution < -0.4 is 10.5 Å². The van der Waals surface area contributed by atoms with E-state index in [1.807, 2.05) is 0 Å². The standard InChI is InChI=1S/C25H30N2O/c1-18-7-9-19(10-8-18)17-28-25-12-11-20-5-3-4-6-23(20)24(25)16-22-15-21(26)13-14-27(22)2/h3-12,21-22H,13-17,26H2,1-2H3. The van der Waals surface area contributed by atoms with E-state index in [1.54, 1.807) is 0 Å². The van der Waals surface area contributed by atoms with Crippen LogP contribution in [0.25, 0.3) is 10.8 Å². The van der Waals surface area contributed by atoms with Gasteiger partial charge >= 0.3 is 0 Å². The van der Waals surface area contributed by atoms with Crippen LogP contribution in [-0.4, -0.2) is 30.6 Å². The van der Waals surface area contributed by atoms with Crippen molar-refractivity contribution in [3.8, 4) is 5.75 Å². The molecule has 3 aromatic rings. The lowest BCUT2D eigenvalue weighted by Crippen LogP contribution is -2.45. The Hall–Kier alpha value is -2.36. The van der Waals surface area contributed by atoms with Crippen molar-refractivity contribution in [2.45, 2.75) is 44.9 Å². The van der Waals surface area contributed by atoms with Gasteiger partial charge in [0.05, 0.1) is 0 Å². The lowest BCUT2D eigenvalue weighted by Gasteiger charge is -2.36. The lowest BCUT2D eigenvalue weighted by atomic mass is 9.90. The first-order valence-corrected chi connectivity index (χ1v) is 10.2. The van der Waals surface area contributed by atoms with E-state index in [0.717, 1.165) is 31.6 Å². The Morgan fingerprint density at radius 3 is 2.64 bits per heavy atom. The maximum Gasteiger partial charge on any atom is 0.123 e. The van der Waals surface area contributed by atoms with Crippen molar-refractivity contribution in [3.63, 3.8) is 0 Å². The third-order valence-corrected chi connectivity index (χ3v) is 6.00. The van der Waals surface area contributed by atoms with Gasteiger partial charge in [-0.1, -0.05) is 60.2 Å². The van der Waals surface area contributed by atoms with Gasteiger partial charge < -0.3 is 15.4 Å². The van der Waals surface area contributed by atoms with Gasteiger partial charge in [0.15, 0.2) is 0 Å². The van der Waals surface area contributed by atoms with Crippen LogP contribution in [0.2, 0.25) is 0 Å². The molecular formula is C25H30N2O. The molecule has 0 bridgehead atoms. The Bertz CT molecular complexity index is 935. The number of likely N-dealkylation sites (tertiary alicyclic amines) is 1. The average molecular weight is 375 g/mol. The van der Waals surface area contributed by atoms with E-state index < -0.39 is 0 Å². The van der Waals surface area contributed by atoms with E-state index >= 15 is 0 Å². The maximum absolute atomic E-state index is 6.33. The van der Waals surface area contributed by atoms with E-state index in [9.17, 15) is 0 Å². The predicted octanol–water partition coefficient (Wildman–Crippen LogP) is 4.69. The highest BCUT2D eigenvalue weighted by Crippen LogP contribution is 2.32. The van der Waals surface area contributed by atoms with Crippen molar-refractivity contribution >= 4 is 10.8 Å². The molecule has 3 heteroatoms. The lowest BCUT2D eigenvalue weighted by molar-refractivity contribution is 0.168. The van der Waals surface area contributed by atoms with Crippen LogP contribution in [0.3, 0.4) is 0 Å². The van der Waals surface area contributed by atoms with Gasteiger partial charge in [-0.3, -0.25) is 0 Å². The third kappa shape index (κ3) is 4.21. The van der Waals surface area contributed by atoms with E-state index in [2.05, 4.69) is 79.5 Å². The normalized spacial score (nSPS) is 20.4. The largest absolute Gasteiger partial charge is 0.489 e. The van der Waals surface area contributed by atoms with Crippen molar-refractivity contribution in [1.82, 2.24) is 4.90 Å². The Balaban J connectivity index is 1.63. The molecule has 1 aliphatic heterocycles. The van der Waals surface area contributed by atoms with Gasteiger partial charge in [0.1, 0.15) is 12.4 Å². The SMILES string of the molecule is Cc1ccc(COc2ccc3ccccc3c2CC2CC(N)CCN2C)cc1. The van der Waals surface area contributed by atoms with E-state index in [-0.39, 0.29) is 0 Å². The van der Waals surface area contributed by atoms with Crippen molar-refractivity contribution in [2.24, 2.45) is 5.73 Å². The molecule has 146 valence electrons. The molecule has 0 spiro atoms. The fourth-order valence-corrected chi connectivity index (χ4v) is 4.18. The van der Waals surface area contributed by atoms with Crippen LogP contribution in [0.1, 0.15) is 29.5 Å². The fraction of sp³-hybridized carbons (Fsp3) is 0.360. The summed E-state index contributed by atoms with van der Waals surface area (Å²) in [6, 6.07) is 22.2. The summed E-state index contributed by atoms with van der Waals surface area (Å²) in [4.78, 5) is 2.45. The van der Waals surface area contributed by atoms with Gasteiger partial charge in [-0.15, -0.1) is 0 Å². The zero-order valence-electron chi connectivity index (χ0n) is 16.9. The first kappa shape index (κ1) is 19.0. The molecule has 2 atom stereocenters. The van der Waals surface area contributed by atoms with Gasteiger partial charge in [0, 0.05) is 17.6 Å². The van der Waals surface area contributed by atoms with E-state index in [4.69, 9.17) is 10.5 Å². The van der Waals surface area contributed by atoms with Crippen molar-refractivity contribution in [1.29, 1.82) is 0 Å². The molecule has 1 fully saturated rings. The number of aryl methyl sites for hydroxylation is 1. The predicted molar refractivity (Wildman–Crippen MR) is 117 cm³/mol. The highest BCUT2D eigenvalue weighted by Gasteiger charge is 2.25. The molecule has 0 aliphatic carbocycles. The molecule has 3 aromatic carbocycles. The number of nitrogens with zero attached hydrogens (tertiary/aromatic N) is 1. The molecule has 28 heavy (non-hydrogen) atoms. The summed E-state index contributed by atoms with van der Waals surface area (Å²) in [5.41, 5.74) is 10.0. The summed E-state index contributed by atoms with van der Waals surface area (Å²) < 4.78 is 6.33. The van der Waals surface area contributed by atoms with Crippen molar-refractivity contribution < 1.29 is 4.74 Å². The van der Waals surface area contributed by atoms with Crippen LogP contribution in [-0.2, 0) is 13.0 Å². The summed E-state index contributed by atoms with van der Waals surface area (Å²) in [5, 5.41) is 2.55. The Morgan fingerprint density at radius 1 is 1.04 bits per heavy atom. The smallest absolute Gasteiger partial charge is 0.123 e. The molecule has 1 saturated heterocycles. The minimum atomic E-state index is 0.299. The van der Waals surface area contributed by atoms with Gasteiger partial charge in [-0.05, 0) is 62.2 Å². The average Bonchev–Trinajstić information content (AvgIpc) is 2.71. The number of hydrogen-bond donors (Lipinski definition) is 1. The van der Waals surface area contributed by atoms with Crippen molar-refractivity contribution in [3.05, 3.63) is 77.4 Å². The molecule has 4 rings (SSSR count). The molecule has 2 unspecified atom stereocenters. The second-order valence-electron chi connectivity index (χ2n) is 8.16. The molecular weight excluding hydrogens is 344 g/mol. The quantitative estimate of drug-likeness (QED) is 0.704. The number of ether oxygens (including phenoxy) is 1. The summed E-state index contributed by atoms with van der Waals surface area (Å²) >= 11 is 0. The number of benzene rings is 3. The van der Waals surface area contributed by atoms with Crippen LogP contribution >= 0.6 is 0 Å². The maximum atomic E-state index is 6.33. The van der Waals surface area contributed by atoms with Gasteiger partial charge in [0.2, 0.25) is 0 Å². The summed E-state index contributed by atoms with van der Waals surface area (Å²) in [7, 11) is 2.22. The Morgan fingerprint density at radius 2 is 1.82 bits per heavy atom. The van der Waals surface area contributed by atoms with Gasteiger partial charge in [0.25, 0.3) is 0 Å². The van der Waals surface area contributed by atoms with Gasteiger partial charge in [-0.2, -0.15) is 0 Å². The minimum Gasteiger partial charge on any atom is -0.489 e. The van der Waals surface area contributed by atoms with Crippen molar-refractivity contribution in [2.75, 3.05) is 13.6 Å². The molecule has 2 N–H and O–H groups in total. The molecule has 0 radical (unpaired) electrons. The topological polar surface area (TPSA) is 38.5 Å². The second kappa shape index (κ2) is 8.34. The number of piperidine rings is 1. The zero-order chi connectivity index (χ0) is 19.5. The number of fused-ring (bicyclic) bond motifs is 1. The number of nitrogens with two attached hydrogens (primary N) is 1. The molecule has 3 nitrogen and oxygen atoms in total. The van der Waals surface area contributed by atoms with Crippen LogP contribution in [0.4, 0.5) is 0 Å². The Kier molecular flexibility index (Phi) is 5.65. The number of rotatable bonds is 5. The van der Waals surface area contributed by atoms with Crippen LogP contribution in [0, 0.1) is 6.92 Å². The van der Waals surface area contributed by atoms with Crippen LogP contribution in [0.5, 0.6) is 5.75 Å². The Labute approximate surface area is 168 Å².